The normalized spacial score (nSPS) is 10.4. The quantitative estimate of drug-likeness (QED) is 0.852. The molecular formula is C13H14N2O4S2. The SMILES string of the molecule is CCc1cc(OCC(=O)Nc2nc(C)cs2)c(C(=O)O)s1. The molecule has 2 aromatic heterocycles. The number of aromatic nitrogens is 1. The lowest BCUT2D eigenvalue weighted by molar-refractivity contribution is -0.118. The van der Waals surface area contributed by atoms with Crippen molar-refractivity contribution in [1.29, 1.82) is 0 Å². The van der Waals surface area contributed by atoms with Gasteiger partial charge in [0.2, 0.25) is 0 Å². The molecule has 0 bridgehead atoms. The molecule has 0 radical (unpaired) electrons. The lowest BCUT2D eigenvalue weighted by Gasteiger charge is -2.04. The third kappa shape index (κ3) is 4.02. The van der Waals surface area contributed by atoms with Gasteiger partial charge in [0, 0.05) is 10.3 Å². The Morgan fingerprint density at radius 2 is 2.24 bits per heavy atom. The first-order valence-corrected chi connectivity index (χ1v) is 7.90. The first kappa shape index (κ1) is 15.5. The molecule has 2 N–H and O–H groups in total. The van der Waals surface area contributed by atoms with Gasteiger partial charge in [-0.05, 0) is 19.4 Å². The van der Waals surface area contributed by atoms with Crippen LogP contribution in [0.15, 0.2) is 11.4 Å². The fourth-order valence-corrected chi connectivity index (χ4v) is 3.15. The van der Waals surface area contributed by atoms with Crippen LogP contribution in [-0.4, -0.2) is 28.6 Å². The number of hydrogen-bond donors (Lipinski definition) is 2. The standard InChI is InChI=1S/C13H14N2O4S2/c1-3-8-4-9(11(21-8)12(17)18)19-5-10(16)15-13-14-7(2)6-20-13/h4,6H,3,5H2,1-2H3,(H,17,18)(H,14,15,16). The Balaban J connectivity index is 1.97. The van der Waals surface area contributed by atoms with E-state index < -0.39 is 5.97 Å². The topological polar surface area (TPSA) is 88.5 Å². The molecule has 0 aliphatic rings. The van der Waals surface area contributed by atoms with Gasteiger partial charge in [0.25, 0.3) is 5.91 Å². The smallest absolute Gasteiger partial charge is 0.349 e. The number of aromatic carboxylic acids is 1. The zero-order chi connectivity index (χ0) is 15.4. The van der Waals surface area contributed by atoms with Crippen LogP contribution in [-0.2, 0) is 11.2 Å². The fraction of sp³-hybridized carbons (Fsp3) is 0.308. The molecule has 2 rings (SSSR count). The Labute approximate surface area is 129 Å². The summed E-state index contributed by atoms with van der Waals surface area (Å²) >= 11 is 2.48. The van der Waals surface area contributed by atoms with Crippen molar-refractivity contribution in [2.24, 2.45) is 0 Å². The molecule has 2 aromatic rings. The number of thiophene rings is 1. The van der Waals surface area contributed by atoms with E-state index in [0.29, 0.717) is 5.13 Å². The Morgan fingerprint density at radius 3 is 2.81 bits per heavy atom. The van der Waals surface area contributed by atoms with E-state index in [0.717, 1.165) is 28.3 Å². The molecule has 8 heteroatoms. The molecule has 0 saturated heterocycles. The number of aryl methyl sites for hydroxylation is 2. The molecule has 0 spiro atoms. The van der Waals surface area contributed by atoms with Crippen molar-refractivity contribution in [3.8, 4) is 5.75 Å². The largest absolute Gasteiger partial charge is 0.482 e. The van der Waals surface area contributed by atoms with E-state index >= 15 is 0 Å². The number of carboxylic acid groups (broad SMARTS) is 1. The maximum atomic E-state index is 11.7. The van der Waals surface area contributed by atoms with Crippen LogP contribution in [0.1, 0.15) is 27.2 Å². The first-order chi connectivity index (χ1) is 9.99. The van der Waals surface area contributed by atoms with Crippen molar-refractivity contribution >= 4 is 39.7 Å². The van der Waals surface area contributed by atoms with E-state index in [9.17, 15) is 9.59 Å². The number of nitrogens with zero attached hydrogens (tertiary/aromatic N) is 1. The molecule has 1 amide bonds. The number of nitrogens with one attached hydrogen (secondary N) is 1. The van der Waals surface area contributed by atoms with Gasteiger partial charge in [-0.2, -0.15) is 0 Å². The van der Waals surface area contributed by atoms with Gasteiger partial charge in [-0.15, -0.1) is 22.7 Å². The van der Waals surface area contributed by atoms with Crippen molar-refractivity contribution in [1.82, 2.24) is 4.98 Å². The Bertz CT molecular complexity index is 663. The van der Waals surface area contributed by atoms with E-state index in [4.69, 9.17) is 9.84 Å². The zero-order valence-corrected chi connectivity index (χ0v) is 13.1. The Kier molecular flexibility index (Phi) is 4.92. The number of rotatable bonds is 6. The summed E-state index contributed by atoms with van der Waals surface area (Å²) in [5.74, 6) is -1.19. The van der Waals surface area contributed by atoms with E-state index in [1.54, 1.807) is 6.07 Å². The second-order valence-electron chi connectivity index (χ2n) is 4.20. The van der Waals surface area contributed by atoms with E-state index in [1.165, 1.54) is 11.3 Å². The van der Waals surface area contributed by atoms with Crippen LogP contribution in [0, 0.1) is 6.92 Å². The molecule has 0 fully saturated rings. The Morgan fingerprint density at radius 1 is 1.48 bits per heavy atom. The highest BCUT2D eigenvalue weighted by Gasteiger charge is 2.17. The van der Waals surface area contributed by atoms with Crippen LogP contribution in [0.2, 0.25) is 0 Å². The number of carbonyl (C=O) groups excluding carboxylic acids is 1. The van der Waals surface area contributed by atoms with Gasteiger partial charge in [-0.3, -0.25) is 10.1 Å². The molecule has 21 heavy (non-hydrogen) atoms. The zero-order valence-electron chi connectivity index (χ0n) is 11.5. The number of thiazole rings is 1. The Hall–Kier alpha value is -1.93. The maximum absolute atomic E-state index is 11.7. The molecular weight excluding hydrogens is 312 g/mol. The van der Waals surface area contributed by atoms with Crippen LogP contribution in [0.25, 0.3) is 0 Å². The van der Waals surface area contributed by atoms with Gasteiger partial charge in [-0.25, -0.2) is 9.78 Å². The number of amides is 1. The fourth-order valence-electron chi connectivity index (χ4n) is 1.56. The summed E-state index contributed by atoms with van der Waals surface area (Å²) in [5.41, 5.74) is 0.829. The summed E-state index contributed by atoms with van der Waals surface area (Å²) in [5, 5.41) is 14.0. The predicted octanol–water partition coefficient (Wildman–Crippen LogP) is 2.79. The molecule has 0 aromatic carbocycles. The van der Waals surface area contributed by atoms with Crippen molar-refractivity contribution in [3.63, 3.8) is 0 Å². The summed E-state index contributed by atoms with van der Waals surface area (Å²) < 4.78 is 5.32. The second-order valence-corrected chi connectivity index (χ2v) is 6.19. The highest BCUT2D eigenvalue weighted by Crippen LogP contribution is 2.29. The number of carboxylic acids is 1. The maximum Gasteiger partial charge on any atom is 0.349 e. The van der Waals surface area contributed by atoms with Crippen LogP contribution in [0.3, 0.4) is 0 Å². The van der Waals surface area contributed by atoms with Crippen LogP contribution < -0.4 is 10.1 Å². The molecule has 112 valence electrons. The van der Waals surface area contributed by atoms with Gasteiger partial charge in [0.15, 0.2) is 16.6 Å². The highest BCUT2D eigenvalue weighted by molar-refractivity contribution is 7.14. The number of hydrogen-bond acceptors (Lipinski definition) is 6. The van der Waals surface area contributed by atoms with Gasteiger partial charge in [-0.1, -0.05) is 6.92 Å². The van der Waals surface area contributed by atoms with Gasteiger partial charge >= 0.3 is 5.97 Å². The minimum atomic E-state index is -1.05. The van der Waals surface area contributed by atoms with Crippen molar-refractivity contribution in [2.45, 2.75) is 20.3 Å². The van der Waals surface area contributed by atoms with Crippen LogP contribution in [0.4, 0.5) is 5.13 Å². The lowest BCUT2D eigenvalue weighted by Crippen LogP contribution is -2.20. The van der Waals surface area contributed by atoms with Crippen LogP contribution >= 0.6 is 22.7 Å². The first-order valence-electron chi connectivity index (χ1n) is 6.20. The highest BCUT2D eigenvalue weighted by atomic mass is 32.1. The average molecular weight is 326 g/mol. The van der Waals surface area contributed by atoms with Gasteiger partial charge in [0.05, 0.1) is 5.69 Å². The molecule has 0 saturated carbocycles. The van der Waals surface area contributed by atoms with Crippen molar-refractivity contribution < 1.29 is 19.4 Å². The molecule has 2 heterocycles. The average Bonchev–Trinajstić information content (AvgIpc) is 3.02. The van der Waals surface area contributed by atoms with Gasteiger partial charge in [0.1, 0.15) is 5.75 Å². The minimum absolute atomic E-state index is 0.116. The number of ether oxygens (including phenoxy) is 1. The molecule has 0 aliphatic carbocycles. The second kappa shape index (κ2) is 6.68. The molecule has 6 nitrogen and oxygen atoms in total. The summed E-state index contributed by atoms with van der Waals surface area (Å²) in [7, 11) is 0. The van der Waals surface area contributed by atoms with Crippen molar-refractivity contribution in [3.05, 3.63) is 26.9 Å². The molecule has 0 aliphatic heterocycles. The monoisotopic (exact) mass is 326 g/mol. The lowest BCUT2D eigenvalue weighted by atomic mass is 10.3. The third-order valence-corrected chi connectivity index (χ3v) is 4.64. The van der Waals surface area contributed by atoms with Crippen molar-refractivity contribution in [2.75, 3.05) is 11.9 Å². The van der Waals surface area contributed by atoms with E-state index in [2.05, 4.69) is 10.3 Å². The van der Waals surface area contributed by atoms with Gasteiger partial charge < -0.3 is 9.84 Å². The number of anilines is 1. The molecule has 0 unspecified atom stereocenters. The summed E-state index contributed by atoms with van der Waals surface area (Å²) in [6.07, 6.45) is 0.721. The minimum Gasteiger partial charge on any atom is -0.482 e. The number of carbonyl (C=O) groups is 2. The molecule has 0 atom stereocenters. The van der Waals surface area contributed by atoms with Crippen LogP contribution in [0.5, 0.6) is 5.75 Å². The summed E-state index contributed by atoms with van der Waals surface area (Å²) in [6, 6.07) is 1.66. The summed E-state index contributed by atoms with van der Waals surface area (Å²) in [4.78, 5) is 28.0. The van der Waals surface area contributed by atoms with E-state index in [-0.39, 0.29) is 23.1 Å². The van der Waals surface area contributed by atoms with E-state index in [1.807, 2.05) is 19.2 Å². The predicted molar refractivity (Wildman–Crippen MR) is 81.6 cm³/mol. The summed E-state index contributed by atoms with van der Waals surface area (Å²) in [6.45, 7) is 3.51. The third-order valence-electron chi connectivity index (χ3n) is 2.52.